The molecule has 0 radical (unpaired) electrons. The number of H-pyrrole nitrogens is 1. The maximum Gasteiger partial charge on any atom is 0.293 e. The minimum absolute atomic E-state index is 0.0724. The minimum Gasteiger partial charge on any atom is -0.502 e. The van der Waals surface area contributed by atoms with Gasteiger partial charge in [0.2, 0.25) is 5.75 Å². The molecule has 2 aliphatic rings. The molecule has 2 fully saturated rings. The zero-order valence-electron chi connectivity index (χ0n) is 22.2. The molecule has 1 aromatic heterocycles. The molecule has 5 rings (SSSR count). The van der Waals surface area contributed by atoms with Crippen LogP contribution >= 0.6 is 0 Å². The SMILES string of the molecule is O=C(c1ccc(C#CC#Cc2ccc(NCc3nc[nH]c(=O)c3O)cc2)cc1)N1CCC(N2CCOCC2)CC1. The maximum absolute atomic E-state index is 13.0. The zero-order valence-corrected chi connectivity index (χ0v) is 22.2. The van der Waals surface area contributed by atoms with Crippen LogP contribution in [0.4, 0.5) is 5.69 Å². The minimum atomic E-state index is -0.571. The highest BCUT2D eigenvalue weighted by Gasteiger charge is 2.28. The van der Waals surface area contributed by atoms with E-state index in [4.69, 9.17) is 4.74 Å². The van der Waals surface area contributed by atoms with Crippen molar-refractivity contribution in [2.75, 3.05) is 44.7 Å². The van der Waals surface area contributed by atoms with Gasteiger partial charge in [-0.1, -0.05) is 11.8 Å². The van der Waals surface area contributed by atoms with E-state index in [1.54, 1.807) is 0 Å². The number of aromatic amines is 1. The molecule has 2 aliphatic heterocycles. The summed E-state index contributed by atoms with van der Waals surface area (Å²) < 4.78 is 5.46. The second kappa shape index (κ2) is 13.0. The number of aromatic nitrogens is 2. The third-order valence-electron chi connectivity index (χ3n) is 7.17. The molecular weight excluding hydrogens is 506 g/mol. The van der Waals surface area contributed by atoms with Gasteiger partial charge in [0.1, 0.15) is 5.69 Å². The summed E-state index contributed by atoms with van der Waals surface area (Å²) in [5, 5.41) is 12.9. The summed E-state index contributed by atoms with van der Waals surface area (Å²) in [4.78, 5) is 35.2. The van der Waals surface area contributed by atoms with E-state index in [1.807, 2.05) is 53.4 Å². The largest absolute Gasteiger partial charge is 0.502 e. The average molecular weight is 538 g/mol. The first kappa shape index (κ1) is 27.0. The van der Waals surface area contributed by atoms with Crippen molar-refractivity contribution in [1.82, 2.24) is 19.8 Å². The molecule has 2 saturated heterocycles. The molecule has 3 heterocycles. The summed E-state index contributed by atoms with van der Waals surface area (Å²) in [5.74, 6) is 11.4. The highest BCUT2D eigenvalue weighted by molar-refractivity contribution is 5.94. The van der Waals surface area contributed by atoms with E-state index < -0.39 is 11.3 Å². The highest BCUT2D eigenvalue weighted by Crippen LogP contribution is 2.20. The fraction of sp³-hybridized carbons (Fsp3) is 0.323. The van der Waals surface area contributed by atoms with Crippen LogP contribution in [0.15, 0.2) is 59.7 Å². The van der Waals surface area contributed by atoms with Crippen molar-refractivity contribution in [1.29, 1.82) is 0 Å². The van der Waals surface area contributed by atoms with Crippen LogP contribution in [0.1, 0.15) is 40.0 Å². The van der Waals surface area contributed by atoms with Crippen molar-refractivity contribution in [3.05, 3.63) is 87.6 Å². The molecule has 3 N–H and O–H groups in total. The number of rotatable bonds is 5. The lowest BCUT2D eigenvalue weighted by atomic mass is 10.0. The Labute approximate surface area is 233 Å². The molecule has 0 unspecified atom stereocenters. The number of benzene rings is 2. The van der Waals surface area contributed by atoms with Crippen molar-refractivity contribution in [3.63, 3.8) is 0 Å². The maximum atomic E-state index is 13.0. The molecule has 0 bridgehead atoms. The zero-order chi connectivity index (χ0) is 27.7. The van der Waals surface area contributed by atoms with Crippen molar-refractivity contribution < 1.29 is 14.6 Å². The van der Waals surface area contributed by atoms with Crippen molar-refractivity contribution in [2.45, 2.75) is 25.4 Å². The van der Waals surface area contributed by atoms with E-state index in [2.05, 4.69) is 43.9 Å². The number of amides is 1. The van der Waals surface area contributed by atoms with Gasteiger partial charge in [-0.15, -0.1) is 0 Å². The molecule has 0 saturated carbocycles. The van der Waals surface area contributed by atoms with E-state index in [0.29, 0.717) is 11.6 Å². The molecular formula is C31H31N5O4. The van der Waals surface area contributed by atoms with Crippen LogP contribution in [0.5, 0.6) is 5.75 Å². The Balaban J connectivity index is 1.10. The smallest absolute Gasteiger partial charge is 0.293 e. The van der Waals surface area contributed by atoms with Crippen LogP contribution in [0.2, 0.25) is 0 Å². The normalized spacial score (nSPS) is 15.8. The highest BCUT2D eigenvalue weighted by atomic mass is 16.5. The average Bonchev–Trinajstić information content (AvgIpc) is 3.01. The third-order valence-corrected chi connectivity index (χ3v) is 7.17. The van der Waals surface area contributed by atoms with Gasteiger partial charge in [0.25, 0.3) is 11.5 Å². The predicted octanol–water partition coefficient (Wildman–Crippen LogP) is 2.43. The summed E-state index contributed by atoms with van der Waals surface area (Å²) in [6.45, 7) is 5.35. The number of hydrogen-bond acceptors (Lipinski definition) is 7. The number of morpholine rings is 1. The molecule has 0 spiro atoms. The lowest BCUT2D eigenvalue weighted by molar-refractivity contribution is 0.00159. The fourth-order valence-electron chi connectivity index (χ4n) is 4.88. The third kappa shape index (κ3) is 6.89. The van der Waals surface area contributed by atoms with E-state index in [9.17, 15) is 14.7 Å². The summed E-state index contributed by atoms with van der Waals surface area (Å²) in [6, 6.07) is 15.3. The second-order valence-electron chi connectivity index (χ2n) is 9.71. The van der Waals surface area contributed by atoms with Crippen LogP contribution in [0.25, 0.3) is 0 Å². The van der Waals surface area contributed by atoms with Crippen molar-refractivity contribution in [3.8, 4) is 29.4 Å². The van der Waals surface area contributed by atoms with Crippen LogP contribution < -0.4 is 10.9 Å². The van der Waals surface area contributed by atoms with Crippen molar-refractivity contribution >= 4 is 11.6 Å². The Morgan fingerprint density at radius 1 is 0.975 bits per heavy atom. The lowest BCUT2D eigenvalue weighted by Crippen LogP contribution is -2.50. The summed E-state index contributed by atoms with van der Waals surface area (Å²) >= 11 is 0. The number of aromatic hydroxyl groups is 1. The molecule has 9 heteroatoms. The standard InChI is InChI=1S/C31H31N5O4/c37-29-28(33-22-34-30(29)38)21-32-26-11-7-24(8-12-26)4-2-1-3-23-5-9-25(10-6-23)31(39)36-15-13-27(14-16-36)35-17-19-40-20-18-35/h5-12,22,27,32,37H,13-21H2,(H,33,34,38). The molecule has 9 nitrogen and oxygen atoms in total. The first-order chi connectivity index (χ1) is 19.6. The molecule has 2 aromatic carbocycles. The first-order valence-corrected chi connectivity index (χ1v) is 13.4. The van der Waals surface area contributed by atoms with Gasteiger partial charge in [0, 0.05) is 54.6 Å². The Hall–Kier alpha value is -4.57. The number of carbonyl (C=O) groups excluding carboxylic acids is 1. The Morgan fingerprint density at radius 3 is 2.25 bits per heavy atom. The van der Waals surface area contributed by atoms with E-state index in [0.717, 1.165) is 69.0 Å². The number of likely N-dealkylation sites (tertiary alicyclic amines) is 1. The quantitative estimate of drug-likeness (QED) is 0.429. The van der Waals surface area contributed by atoms with Gasteiger partial charge >= 0.3 is 0 Å². The second-order valence-corrected chi connectivity index (χ2v) is 9.71. The predicted molar refractivity (Wildman–Crippen MR) is 152 cm³/mol. The Morgan fingerprint density at radius 2 is 1.60 bits per heavy atom. The van der Waals surface area contributed by atoms with Gasteiger partial charge in [-0.25, -0.2) is 4.98 Å². The Bertz CT molecular complexity index is 1500. The number of nitrogens with zero attached hydrogens (tertiary/aromatic N) is 3. The molecule has 204 valence electrons. The van der Waals surface area contributed by atoms with Crippen LogP contribution in [-0.4, -0.2) is 76.2 Å². The molecule has 40 heavy (non-hydrogen) atoms. The number of anilines is 1. The summed E-state index contributed by atoms with van der Waals surface area (Å²) in [5.41, 5.74) is 2.78. The van der Waals surface area contributed by atoms with E-state index in [1.165, 1.54) is 6.33 Å². The van der Waals surface area contributed by atoms with Gasteiger partial charge in [-0.3, -0.25) is 14.5 Å². The molecule has 0 aliphatic carbocycles. The van der Waals surface area contributed by atoms with Crippen LogP contribution in [0.3, 0.4) is 0 Å². The van der Waals surface area contributed by atoms with Crippen LogP contribution in [-0.2, 0) is 11.3 Å². The van der Waals surface area contributed by atoms with Crippen molar-refractivity contribution in [2.24, 2.45) is 0 Å². The molecule has 0 atom stereocenters. The number of nitrogens with one attached hydrogen (secondary N) is 2. The van der Waals surface area contributed by atoms with Gasteiger partial charge in [0.05, 0.1) is 26.1 Å². The molecule has 3 aromatic rings. The first-order valence-electron chi connectivity index (χ1n) is 13.4. The molecule has 1 amide bonds. The van der Waals surface area contributed by atoms with Gasteiger partial charge in [-0.05, 0) is 73.2 Å². The fourth-order valence-corrected chi connectivity index (χ4v) is 4.88. The number of hydrogen-bond donors (Lipinski definition) is 3. The lowest BCUT2D eigenvalue weighted by Gasteiger charge is -2.40. The summed E-state index contributed by atoms with van der Waals surface area (Å²) in [6.07, 6.45) is 3.26. The summed E-state index contributed by atoms with van der Waals surface area (Å²) in [7, 11) is 0. The monoisotopic (exact) mass is 537 g/mol. The van der Waals surface area contributed by atoms with E-state index >= 15 is 0 Å². The number of ether oxygens (including phenoxy) is 1. The van der Waals surface area contributed by atoms with Gasteiger partial charge in [0.15, 0.2) is 0 Å². The Kier molecular flexibility index (Phi) is 8.77. The number of carbonyl (C=O) groups is 1. The van der Waals surface area contributed by atoms with Gasteiger partial charge < -0.3 is 25.0 Å². The van der Waals surface area contributed by atoms with Crippen LogP contribution in [0, 0.1) is 23.7 Å². The van der Waals surface area contributed by atoms with E-state index in [-0.39, 0.29) is 18.1 Å². The number of piperidine rings is 1. The van der Waals surface area contributed by atoms with Gasteiger partial charge in [-0.2, -0.15) is 0 Å². The topological polar surface area (TPSA) is 111 Å².